The van der Waals surface area contributed by atoms with Gasteiger partial charge in [0.25, 0.3) is 0 Å². The van der Waals surface area contributed by atoms with E-state index in [1.165, 1.54) is 5.57 Å². The SMILES string of the molecule is C=C(C)C1CCC(C)=CC1c1c(OP(=O)(OCC)c2ccccc2)cc(CCCCC)cc1OP(=O)(OCC)c1ccccc1. The van der Waals surface area contributed by atoms with Crippen LogP contribution in [0.1, 0.15) is 83.8 Å². The van der Waals surface area contributed by atoms with Crippen LogP contribution in [0.4, 0.5) is 0 Å². The zero-order valence-corrected chi connectivity index (χ0v) is 29.2. The molecule has 0 spiro atoms. The van der Waals surface area contributed by atoms with E-state index in [9.17, 15) is 9.13 Å². The van der Waals surface area contributed by atoms with E-state index < -0.39 is 15.2 Å². The summed E-state index contributed by atoms with van der Waals surface area (Å²) >= 11 is 0. The predicted molar refractivity (Wildman–Crippen MR) is 186 cm³/mol. The second-order valence-corrected chi connectivity index (χ2v) is 15.6. The van der Waals surface area contributed by atoms with Crippen molar-refractivity contribution in [3.63, 3.8) is 0 Å². The molecule has 242 valence electrons. The second kappa shape index (κ2) is 16.1. The fraction of sp³-hybridized carbons (Fsp3) is 0.405. The van der Waals surface area contributed by atoms with Gasteiger partial charge in [0.1, 0.15) is 11.5 Å². The molecule has 0 radical (unpaired) electrons. The van der Waals surface area contributed by atoms with Crippen molar-refractivity contribution >= 4 is 25.8 Å². The molecule has 0 saturated heterocycles. The van der Waals surface area contributed by atoms with Gasteiger partial charge in [-0.3, -0.25) is 9.05 Å². The predicted octanol–water partition coefficient (Wildman–Crippen LogP) is 10.3. The minimum Gasteiger partial charge on any atom is -0.421 e. The summed E-state index contributed by atoms with van der Waals surface area (Å²) in [5.74, 6) is 0.647. The van der Waals surface area contributed by atoms with Crippen molar-refractivity contribution in [2.24, 2.45) is 5.92 Å². The Morgan fingerprint density at radius 2 is 1.33 bits per heavy atom. The van der Waals surface area contributed by atoms with Gasteiger partial charge in [0.2, 0.25) is 0 Å². The smallest absolute Gasteiger partial charge is 0.410 e. The van der Waals surface area contributed by atoms with Gasteiger partial charge in [0, 0.05) is 11.5 Å². The Bertz CT molecular complexity index is 1460. The van der Waals surface area contributed by atoms with Crippen molar-refractivity contribution in [1.29, 1.82) is 0 Å². The maximum absolute atomic E-state index is 14.6. The first kappa shape index (κ1) is 35.0. The van der Waals surface area contributed by atoms with Gasteiger partial charge in [-0.1, -0.05) is 80.0 Å². The zero-order valence-electron chi connectivity index (χ0n) is 27.4. The van der Waals surface area contributed by atoms with E-state index in [1.54, 1.807) is 38.1 Å². The van der Waals surface area contributed by atoms with Crippen molar-refractivity contribution in [3.05, 3.63) is 108 Å². The molecule has 1 aliphatic carbocycles. The third kappa shape index (κ3) is 8.69. The minimum absolute atomic E-state index is 0.0655. The van der Waals surface area contributed by atoms with Crippen LogP contribution in [0.15, 0.2) is 96.6 Å². The summed E-state index contributed by atoms with van der Waals surface area (Å²) in [5.41, 5.74) is 3.87. The molecule has 3 aromatic carbocycles. The van der Waals surface area contributed by atoms with Gasteiger partial charge in [0.15, 0.2) is 0 Å². The number of unbranched alkanes of at least 4 members (excludes halogenated alkanes) is 2. The van der Waals surface area contributed by atoms with Crippen LogP contribution in [0.25, 0.3) is 0 Å². The van der Waals surface area contributed by atoms with Gasteiger partial charge in [0.05, 0.1) is 23.8 Å². The van der Waals surface area contributed by atoms with E-state index in [4.69, 9.17) is 18.1 Å². The molecule has 0 fully saturated rings. The molecule has 0 saturated carbocycles. The Labute approximate surface area is 269 Å². The molecule has 0 N–H and O–H groups in total. The zero-order chi connectivity index (χ0) is 32.5. The summed E-state index contributed by atoms with van der Waals surface area (Å²) in [6, 6.07) is 22.0. The van der Waals surface area contributed by atoms with Crippen LogP contribution in [0, 0.1) is 5.92 Å². The lowest BCUT2D eigenvalue weighted by Gasteiger charge is -2.34. The van der Waals surface area contributed by atoms with Crippen LogP contribution < -0.4 is 19.7 Å². The van der Waals surface area contributed by atoms with Gasteiger partial charge in [-0.15, -0.1) is 0 Å². The highest BCUT2D eigenvalue weighted by Crippen LogP contribution is 2.56. The molecule has 8 heteroatoms. The summed E-state index contributed by atoms with van der Waals surface area (Å²) in [5, 5.41) is 0.931. The molecule has 4 unspecified atom stereocenters. The average molecular weight is 651 g/mol. The van der Waals surface area contributed by atoms with E-state index in [2.05, 4.69) is 26.5 Å². The number of hydrogen-bond donors (Lipinski definition) is 0. The minimum atomic E-state index is -3.82. The topological polar surface area (TPSA) is 71.1 Å². The van der Waals surface area contributed by atoms with Gasteiger partial charge in [-0.25, -0.2) is 9.13 Å². The Hall–Kier alpha value is -2.88. The Morgan fingerprint density at radius 1 is 0.822 bits per heavy atom. The first-order valence-corrected chi connectivity index (χ1v) is 19.2. The van der Waals surface area contributed by atoms with E-state index in [1.807, 2.05) is 55.5 Å². The van der Waals surface area contributed by atoms with Crippen molar-refractivity contribution in [2.75, 3.05) is 13.2 Å². The van der Waals surface area contributed by atoms with Crippen molar-refractivity contribution < 1.29 is 27.2 Å². The molecule has 0 amide bonds. The molecular weight excluding hydrogens is 602 g/mol. The van der Waals surface area contributed by atoms with Crippen LogP contribution >= 0.6 is 15.2 Å². The second-order valence-electron chi connectivity index (χ2n) is 11.7. The first-order valence-electron chi connectivity index (χ1n) is 16.1. The average Bonchev–Trinajstić information content (AvgIpc) is 3.02. The maximum atomic E-state index is 14.6. The van der Waals surface area contributed by atoms with Crippen molar-refractivity contribution in [2.45, 2.75) is 79.1 Å². The number of hydrogen-bond acceptors (Lipinski definition) is 6. The third-order valence-electron chi connectivity index (χ3n) is 8.13. The standard InChI is InChI=1S/C37H48O6P2/c1-7-10-13-18-30-26-35(42-44(38,40-8-2)31-19-14-11-15-20-31)37(34-25-29(6)23-24-33(34)28(4)5)36(27-30)43-45(39,41-9-3)32-21-16-12-17-22-32/h11-12,14-17,19-22,25-27,33-34H,4,7-10,13,18,23-24H2,1-3,5-6H3. The Balaban J connectivity index is 2.00. The largest absolute Gasteiger partial charge is 0.421 e. The van der Waals surface area contributed by atoms with Crippen LogP contribution in [-0.2, 0) is 24.6 Å². The molecule has 3 aromatic rings. The number of benzene rings is 3. The summed E-state index contributed by atoms with van der Waals surface area (Å²) < 4.78 is 54.3. The van der Waals surface area contributed by atoms with Crippen LogP contribution in [-0.4, -0.2) is 13.2 Å². The lowest BCUT2D eigenvalue weighted by molar-refractivity contribution is 0.283. The highest BCUT2D eigenvalue weighted by Gasteiger charge is 2.38. The van der Waals surface area contributed by atoms with Gasteiger partial charge >= 0.3 is 15.2 Å². The van der Waals surface area contributed by atoms with Gasteiger partial charge in [-0.05, 0) is 101 Å². The van der Waals surface area contributed by atoms with Crippen LogP contribution in [0.5, 0.6) is 11.5 Å². The lowest BCUT2D eigenvalue weighted by atomic mass is 9.73. The molecule has 1 aliphatic rings. The number of allylic oxidation sites excluding steroid dienone is 3. The highest BCUT2D eigenvalue weighted by molar-refractivity contribution is 7.63. The molecule has 0 aromatic heterocycles. The number of rotatable bonds is 16. The van der Waals surface area contributed by atoms with Crippen molar-refractivity contribution in [3.8, 4) is 11.5 Å². The van der Waals surface area contributed by atoms with Crippen LogP contribution in [0.3, 0.4) is 0 Å². The molecule has 4 rings (SSSR count). The van der Waals surface area contributed by atoms with Gasteiger partial charge < -0.3 is 9.05 Å². The molecular formula is C37H48O6P2. The van der Waals surface area contributed by atoms with Crippen LogP contribution in [0.2, 0.25) is 0 Å². The quantitative estimate of drug-likeness (QED) is 0.0873. The molecule has 6 nitrogen and oxygen atoms in total. The summed E-state index contributed by atoms with van der Waals surface area (Å²) in [7, 11) is -7.65. The normalized spacial score (nSPS) is 19.2. The van der Waals surface area contributed by atoms with E-state index >= 15 is 0 Å². The Kier molecular flexibility index (Phi) is 12.5. The lowest BCUT2D eigenvalue weighted by Crippen LogP contribution is -2.20. The fourth-order valence-corrected chi connectivity index (χ4v) is 9.08. The molecule has 0 heterocycles. The van der Waals surface area contributed by atoms with Crippen molar-refractivity contribution in [1.82, 2.24) is 0 Å². The summed E-state index contributed by atoms with van der Waals surface area (Å²) in [6.07, 6.45) is 7.88. The molecule has 45 heavy (non-hydrogen) atoms. The number of aryl methyl sites for hydroxylation is 1. The highest BCUT2D eigenvalue weighted by atomic mass is 31.2. The van der Waals surface area contributed by atoms with E-state index in [-0.39, 0.29) is 25.0 Å². The Morgan fingerprint density at radius 3 is 1.78 bits per heavy atom. The molecule has 0 aliphatic heterocycles. The molecule has 0 bridgehead atoms. The first-order chi connectivity index (χ1) is 21.6. The maximum Gasteiger partial charge on any atom is 0.410 e. The third-order valence-corrected chi connectivity index (χ3v) is 12.1. The summed E-state index contributed by atoms with van der Waals surface area (Å²) in [6.45, 7) is 14.7. The van der Waals surface area contributed by atoms with Gasteiger partial charge in [-0.2, -0.15) is 0 Å². The van der Waals surface area contributed by atoms with E-state index in [0.717, 1.165) is 49.7 Å². The fourth-order valence-electron chi connectivity index (χ4n) is 5.89. The monoisotopic (exact) mass is 650 g/mol. The molecule has 4 atom stereocenters. The summed E-state index contributed by atoms with van der Waals surface area (Å²) in [4.78, 5) is 0. The van der Waals surface area contributed by atoms with E-state index in [0.29, 0.717) is 27.7 Å².